The van der Waals surface area contributed by atoms with Gasteiger partial charge in [0.2, 0.25) is 0 Å². The van der Waals surface area contributed by atoms with E-state index in [4.69, 9.17) is 9.84 Å². The molecule has 2 N–H and O–H groups in total. The minimum atomic E-state index is -1.32. The van der Waals surface area contributed by atoms with Gasteiger partial charge in [-0.1, -0.05) is 26.0 Å². The van der Waals surface area contributed by atoms with Gasteiger partial charge in [0.05, 0.1) is 5.69 Å². The van der Waals surface area contributed by atoms with Crippen LogP contribution in [-0.2, 0) is 16.0 Å². The third-order valence-corrected chi connectivity index (χ3v) is 6.68. The molecule has 0 saturated heterocycles. The maximum absolute atomic E-state index is 15.2. The van der Waals surface area contributed by atoms with Crippen molar-refractivity contribution >= 4 is 34.4 Å². The first kappa shape index (κ1) is 30.0. The number of hydrogen-bond acceptors (Lipinski definition) is 5. The fraction of sp³-hybridized carbons (Fsp3) is 0.345. The normalized spacial score (nSPS) is 11.7. The minimum absolute atomic E-state index is 0.126. The van der Waals surface area contributed by atoms with Gasteiger partial charge in [0.1, 0.15) is 17.5 Å². The first-order chi connectivity index (χ1) is 18.6. The van der Waals surface area contributed by atoms with E-state index in [2.05, 4.69) is 24.1 Å². The number of nitrogens with zero attached hydrogens (tertiary/aromatic N) is 1. The second-order valence-electron chi connectivity index (χ2n) is 9.51. The summed E-state index contributed by atoms with van der Waals surface area (Å²) in [7, 11) is 0. The average Bonchev–Trinajstić information content (AvgIpc) is 3.34. The molecule has 0 saturated carbocycles. The molecule has 6 nitrogen and oxygen atoms in total. The van der Waals surface area contributed by atoms with Gasteiger partial charge in [-0.3, -0.25) is 10.1 Å². The van der Waals surface area contributed by atoms with E-state index >= 15 is 4.39 Å². The Morgan fingerprint density at radius 2 is 1.82 bits per heavy atom. The van der Waals surface area contributed by atoms with Crippen molar-refractivity contribution in [3.05, 3.63) is 75.4 Å². The Hall–Kier alpha value is -3.50. The lowest BCUT2D eigenvalue weighted by Crippen LogP contribution is -2.13. The fourth-order valence-electron chi connectivity index (χ4n) is 3.79. The van der Waals surface area contributed by atoms with Crippen molar-refractivity contribution in [2.75, 3.05) is 18.5 Å². The molecule has 208 valence electrons. The zero-order valence-electron chi connectivity index (χ0n) is 22.0. The summed E-state index contributed by atoms with van der Waals surface area (Å²) in [5.41, 5.74) is 0.00496. The summed E-state index contributed by atoms with van der Waals surface area (Å²) in [4.78, 5) is 27.8. The molecule has 2 aromatic carbocycles. The van der Waals surface area contributed by atoms with Gasteiger partial charge in [-0.2, -0.15) is 0 Å². The van der Waals surface area contributed by atoms with Crippen LogP contribution in [0.5, 0.6) is 0 Å². The Bertz CT molecular complexity index is 1330. The first-order valence-corrected chi connectivity index (χ1v) is 13.5. The minimum Gasteiger partial charge on any atom is -0.478 e. The number of rotatable bonds is 13. The van der Waals surface area contributed by atoms with Crippen LogP contribution in [0.1, 0.15) is 61.5 Å². The Morgan fingerprint density at radius 3 is 2.49 bits per heavy atom. The molecule has 1 aromatic heterocycles. The molecule has 0 aliphatic heterocycles. The van der Waals surface area contributed by atoms with Crippen LogP contribution < -0.4 is 5.32 Å². The summed E-state index contributed by atoms with van der Waals surface area (Å²) in [5, 5.41) is 13.1. The summed E-state index contributed by atoms with van der Waals surface area (Å²) in [5.74, 6) is -4.06. The van der Waals surface area contributed by atoms with Gasteiger partial charge in [-0.25, -0.2) is 22.9 Å². The number of nitrogens with one attached hydrogen (secondary N) is 1. The van der Waals surface area contributed by atoms with E-state index in [-0.39, 0.29) is 21.8 Å². The smallest absolute Gasteiger partial charge is 0.331 e. The van der Waals surface area contributed by atoms with E-state index in [9.17, 15) is 18.4 Å². The molecular formula is C29H31F3N2O4S. The van der Waals surface area contributed by atoms with E-state index in [1.807, 2.05) is 0 Å². The number of carboxylic acids is 1. The van der Waals surface area contributed by atoms with Crippen LogP contribution in [0.3, 0.4) is 0 Å². The number of amides is 1. The molecule has 0 radical (unpaired) electrons. The molecule has 10 heteroatoms. The maximum Gasteiger partial charge on any atom is 0.331 e. The van der Waals surface area contributed by atoms with Crippen LogP contribution in [0.2, 0.25) is 0 Å². The van der Waals surface area contributed by atoms with Crippen molar-refractivity contribution in [2.45, 2.75) is 46.5 Å². The van der Waals surface area contributed by atoms with Crippen LogP contribution in [0.4, 0.5) is 18.3 Å². The number of benzene rings is 2. The maximum atomic E-state index is 15.2. The number of carbonyl (C=O) groups is 2. The predicted molar refractivity (Wildman–Crippen MR) is 146 cm³/mol. The lowest BCUT2D eigenvalue weighted by molar-refractivity contribution is -0.132. The van der Waals surface area contributed by atoms with Crippen molar-refractivity contribution in [2.24, 2.45) is 5.92 Å². The number of anilines is 1. The monoisotopic (exact) mass is 560 g/mol. The van der Waals surface area contributed by atoms with Crippen LogP contribution in [-0.4, -0.2) is 35.2 Å². The van der Waals surface area contributed by atoms with Gasteiger partial charge in [-0.05, 0) is 68.4 Å². The molecule has 0 unspecified atom stereocenters. The van der Waals surface area contributed by atoms with Crippen molar-refractivity contribution in [1.29, 1.82) is 0 Å². The largest absolute Gasteiger partial charge is 0.478 e. The molecule has 39 heavy (non-hydrogen) atoms. The third-order valence-electron chi connectivity index (χ3n) is 5.92. The number of hydrogen-bond donors (Lipinski definition) is 2. The number of aromatic nitrogens is 1. The highest BCUT2D eigenvalue weighted by Gasteiger charge is 2.18. The van der Waals surface area contributed by atoms with Crippen LogP contribution >= 0.6 is 11.3 Å². The second-order valence-corrected chi connectivity index (χ2v) is 10.4. The van der Waals surface area contributed by atoms with Gasteiger partial charge < -0.3 is 9.84 Å². The molecular weight excluding hydrogens is 529 g/mol. The highest BCUT2D eigenvalue weighted by Crippen LogP contribution is 2.29. The zero-order valence-corrected chi connectivity index (χ0v) is 22.8. The molecule has 0 bridgehead atoms. The van der Waals surface area contributed by atoms with Crippen molar-refractivity contribution in [1.82, 2.24) is 4.98 Å². The Kier molecular flexibility index (Phi) is 10.8. The first-order valence-electron chi connectivity index (χ1n) is 12.6. The zero-order chi connectivity index (χ0) is 28.5. The van der Waals surface area contributed by atoms with Gasteiger partial charge in [0.15, 0.2) is 5.13 Å². The van der Waals surface area contributed by atoms with Crippen molar-refractivity contribution < 1.29 is 32.6 Å². The molecule has 0 aliphatic carbocycles. The van der Waals surface area contributed by atoms with E-state index < -0.39 is 34.9 Å². The van der Waals surface area contributed by atoms with Gasteiger partial charge in [0.25, 0.3) is 5.91 Å². The molecule has 0 aliphatic rings. The van der Waals surface area contributed by atoms with Crippen molar-refractivity contribution in [3.8, 4) is 11.3 Å². The van der Waals surface area contributed by atoms with E-state index in [1.165, 1.54) is 6.92 Å². The number of thiazole rings is 1. The number of ether oxygens (including phenoxy) is 1. The Morgan fingerprint density at radius 1 is 1.13 bits per heavy atom. The number of aliphatic carboxylic acids is 1. The number of carboxylic acid groups (broad SMARTS) is 1. The van der Waals surface area contributed by atoms with E-state index in [1.54, 1.807) is 23.6 Å². The van der Waals surface area contributed by atoms with E-state index in [0.29, 0.717) is 43.2 Å². The highest BCUT2D eigenvalue weighted by atomic mass is 32.1. The number of aryl methyl sites for hydroxylation is 1. The summed E-state index contributed by atoms with van der Waals surface area (Å²) in [6.45, 7) is 6.78. The van der Waals surface area contributed by atoms with Crippen LogP contribution in [0, 0.1) is 23.4 Å². The lowest BCUT2D eigenvalue weighted by Gasteiger charge is -2.08. The van der Waals surface area contributed by atoms with Crippen LogP contribution in [0.25, 0.3) is 17.3 Å². The van der Waals surface area contributed by atoms with E-state index in [0.717, 1.165) is 42.4 Å². The fourth-order valence-corrected chi connectivity index (χ4v) is 4.49. The number of carbonyl (C=O) groups excluding carboxylic acids is 1. The quantitative estimate of drug-likeness (QED) is 0.169. The molecule has 1 amide bonds. The Labute approximate surface area is 229 Å². The summed E-state index contributed by atoms with van der Waals surface area (Å²) >= 11 is 1.04. The molecule has 3 aromatic rings. The molecule has 0 atom stereocenters. The predicted octanol–water partition coefficient (Wildman–Crippen LogP) is 7.35. The highest BCUT2D eigenvalue weighted by molar-refractivity contribution is 7.14. The average molecular weight is 561 g/mol. The number of halogens is 3. The standard InChI is InChI=1S/C29H31F3N2O4S/c1-17(2)7-5-11-38-12-6-9-19-8-4-10-21(26(19)32)25-16-39-29(33-25)34-27(35)20-14-23(30)22(24(31)15-20)13-18(3)28(36)37/h4,8,10,13-17H,5-7,9,11-12H2,1-3H3,(H,36,37)(H,33,34,35). The van der Waals surface area contributed by atoms with Gasteiger partial charge in [-0.15, -0.1) is 11.3 Å². The summed E-state index contributed by atoms with van der Waals surface area (Å²) in [6, 6.07) is 6.67. The SMILES string of the molecule is CC(=Cc1c(F)cc(C(=O)Nc2nc(-c3cccc(CCCOCCCC(C)C)c3F)cs2)cc1F)C(=O)O. The molecule has 0 spiro atoms. The van der Waals surface area contributed by atoms with Gasteiger partial charge >= 0.3 is 5.97 Å². The summed E-state index contributed by atoms with van der Waals surface area (Å²) < 4.78 is 49.7. The van der Waals surface area contributed by atoms with Gasteiger partial charge in [0, 0.05) is 40.9 Å². The lowest BCUT2D eigenvalue weighted by atomic mass is 10.0. The molecule has 0 fully saturated rings. The summed E-state index contributed by atoms with van der Waals surface area (Å²) in [6.07, 6.45) is 4.15. The van der Waals surface area contributed by atoms with Crippen LogP contribution in [0.15, 0.2) is 41.3 Å². The molecule has 1 heterocycles. The van der Waals surface area contributed by atoms with Crippen molar-refractivity contribution in [3.63, 3.8) is 0 Å². The third kappa shape index (κ3) is 8.49. The second kappa shape index (κ2) is 14.0. The topological polar surface area (TPSA) is 88.5 Å². The Balaban J connectivity index is 1.64. The molecule has 3 rings (SSSR count).